The first-order chi connectivity index (χ1) is 9.11. The summed E-state index contributed by atoms with van der Waals surface area (Å²) in [6.45, 7) is 0. The lowest BCUT2D eigenvalue weighted by Crippen LogP contribution is -1.88. The summed E-state index contributed by atoms with van der Waals surface area (Å²) in [6, 6.07) is 13.8. The van der Waals surface area contributed by atoms with E-state index in [2.05, 4.69) is 49.0 Å². The van der Waals surface area contributed by atoms with E-state index in [0.29, 0.717) is 12.2 Å². The molecule has 2 N–H and O–H groups in total. The van der Waals surface area contributed by atoms with E-state index in [0.717, 1.165) is 25.7 Å². The molecule has 0 amide bonds. The number of fused-ring (bicyclic) bond motifs is 1. The quantitative estimate of drug-likeness (QED) is 0.645. The van der Waals surface area contributed by atoms with E-state index in [1.54, 1.807) is 6.07 Å². The number of phenols is 1. The highest BCUT2D eigenvalue weighted by molar-refractivity contribution is 9.10. The van der Waals surface area contributed by atoms with Crippen LogP contribution in [0.3, 0.4) is 0 Å². The van der Waals surface area contributed by atoms with Crippen LogP contribution in [0.25, 0.3) is 10.9 Å². The van der Waals surface area contributed by atoms with Crippen LogP contribution in [0.1, 0.15) is 11.3 Å². The summed E-state index contributed by atoms with van der Waals surface area (Å²) in [7, 11) is 0. The smallest absolute Gasteiger partial charge is 0.120 e. The zero-order valence-corrected chi connectivity index (χ0v) is 13.1. The Morgan fingerprint density at radius 1 is 0.947 bits per heavy atom. The van der Waals surface area contributed by atoms with E-state index < -0.39 is 0 Å². The van der Waals surface area contributed by atoms with Gasteiger partial charge in [0, 0.05) is 32.0 Å². The highest BCUT2D eigenvalue weighted by Crippen LogP contribution is 2.26. The molecule has 1 heterocycles. The molecular weight excluding hydrogens is 370 g/mol. The number of H-pyrrole nitrogens is 1. The Balaban J connectivity index is 1.96. The maximum atomic E-state index is 9.92. The average molecular weight is 381 g/mol. The molecule has 3 rings (SSSR count). The minimum Gasteiger partial charge on any atom is -0.508 e. The van der Waals surface area contributed by atoms with Gasteiger partial charge in [-0.25, -0.2) is 0 Å². The molecule has 2 aromatic carbocycles. The Morgan fingerprint density at radius 2 is 1.68 bits per heavy atom. The van der Waals surface area contributed by atoms with Gasteiger partial charge in [0.15, 0.2) is 0 Å². The average Bonchev–Trinajstić information content (AvgIpc) is 2.74. The van der Waals surface area contributed by atoms with Crippen LogP contribution < -0.4 is 0 Å². The maximum Gasteiger partial charge on any atom is 0.120 e. The number of halogens is 2. The van der Waals surface area contributed by atoms with Gasteiger partial charge in [0.2, 0.25) is 0 Å². The Morgan fingerprint density at radius 3 is 2.47 bits per heavy atom. The number of aromatic hydroxyl groups is 1. The van der Waals surface area contributed by atoms with Crippen LogP contribution in [0.15, 0.2) is 51.4 Å². The summed E-state index contributed by atoms with van der Waals surface area (Å²) in [5.74, 6) is 0.314. The van der Waals surface area contributed by atoms with Crippen molar-refractivity contribution in [2.75, 3.05) is 0 Å². The zero-order valence-electron chi connectivity index (χ0n) is 9.95. The SMILES string of the molecule is Oc1cc(Br)ccc1Cc1cc2cc(Br)ccc2[nH]1. The molecule has 0 aliphatic carbocycles. The molecule has 0 unspecified atom stereocenters. The Hall–Kier alpha value is -1.26. The van der Waals surface area contributed by atoms with Crippen LogP contribution in [-0.2, 0) is 6.42 Å². The molecule has 19 heavy (non-hydrogen) atoms. The minimum absolute atomic E-state index is 0.314. The molecular formula is C15H11Br2NO. The van der Waals surface area contributed by atoms with Crippen molar-refractivity contribution in [3.8, 4) is 5.75 Å². The van der Waals surface area contributed by atoms with Crippen molar-refractivity contribution >= 4 is 42.8 Å². The summed E-state index contributed by atoms with van der Waals surface area (Å²) in [6.07, 6.45) is 0.686. The molecule has 0 saturated carbocycles. The second-order valence-electron chi connectivity index (χ2n) is 4.48. The monoisotopic (exact) mass is 379 g/mol. The molecule has 0 atom stereocenters. The molecule has 0 bridgehead atoms. The van der Waals surface area contributed by atoms with Crippen LogP contribution in [-0.4, -0.2) is 10.1 Å². The minimum atomic E-state index is 0.314. The molecule has 2 nitrogen and oxygen atoms in total. The van der Waals surface area contributed by atoms with Gasteiger partial charge in [0.1, 0.15) is 5.75 Å². The van der Waals surface area contributed by atoms with Crippen LogP contribution in [0, 0.1) is 0 Å². The predicted octanol–water partition coefficient (Wildman–Crippen LogP) is 4.99. The number of benzene rings is 2. The fourth-order valence-corrected chi connectivity index (χ4v) is 2.88. The molecule has 0 fully saturated rings. The summed E-state index contributed by atoms with van der Waals surface area (Å²) in [5, 5.41) is 11.1. The third-order valence-electron chi connectivity index (χ3n) is 3.07. The Kier molecular flexibility index (Phi) is 3.37. The molecule has 96 valence electrons. The van der Waals surface area contributed by atoms with Crippen LogP contribution in [0.5, 0.6) is 5.75 Å². The van der Waals surface area contributed by atoms with Gasteiger partial charge in [-0.2, -0.15) is 0 Å². The van der Waals surface area contributed by atoms with E-state index in [4.69, 9.17) is 0 Å². The van der Waals surface area contributed by atoms with Gasteiger partial charge in [0.25, 0.3) is 0 Å². The molecule has 0 aliphatic heterocycles. The number of hydrogen-bond acceptors (Lipinski definition) is 1. The second-order valence-corrected chi connectivity index (χ2v) is 6.31. The number of aromatic amines is 1. The lowest BCUT2D eigenvalue weighted by Gasteiger charge is -2.03. The lowest BCUT2D eigenvalue weighted by atomic mass is 10.1. The Bertz CT molecular complexity index is 749. The van der Waals surface area contributed by atoms with Crippen molar-refractivity contribution in [1.82, 2.24) is 4.98 Å². The van der Waals surface area contributed by atoms with Gasteiger partial charge in [-0.3, -0.25) is 0 Å². The molecule has 0 radical (unpaired) electrons. The Labute approximate surface area is 127 Å². The topological polar surface area (TPSA) is 36.0 Å². The van der Waals surface area contributed by atoms with E-state index >= 15 is 0 Å². The van der Waals surface area contributed by atoms with Gasteiger partial charge in [-0.1, -0.05) is 37.9 Å². The first kappa shape index (κ1) is 12.8. The van der Waals surface area contributed by atoms with Gasteiger partial charge in [-0.15, -0.1) is 0 Å². The van der Waals surface area contributed by atoms with E-state index in [1.807, 2.05) is 24.3 Å². The molecule has 0 aliphatic rings. The van der Waals surface area contributed by atoms with Crippen LogP contribution in [0.4, 0.5) is 0 Å². The largest absolute Gasteiger partial charge is 0.508 e. The van der Waals surface area contributed by atoms with Gasteiger partial charge < -0.3 is 10.1 Å². The first-order valence-electron chi connectivity index (χ1n) is 5.86. The molecule has 0 spiro atoms. The summed E-state index contributed by atoms with van der Waals surface area (Å²) in [5.41, 5.74) is 3.11. The third kappa shape index (κ3) is 2.69. The van der Waals surface area contributed by atoms with Crippen molar-refractivity contribution in [2.24, 2.45) is 0 Å². The molecule has 3 aromatic rings. The van der Waals surface area contributed by atoms with Crippen molar-refractivity contribution in [3.05, 3.63) is 62.7 Å². The van der Waals surface area contributed by atoms with Gasteiger partial charge in [-0.05, 0) is 42.0 Å². The third-order valence-corrected chi connectivity index (χ3v) is 4.05. The van der Waals surface area contributed by atoms with Gasteiger partial charge in [0.05, 0.1) is 0 Å². The van der Waals surface area contributed by atoms with E-state index in [-0.39, 0.29) is 0 Å². The maximum absolute atomic E-state index is 9.92. The summed E-state index contributed by atoms with van der Waals surface area (Å²) < 4.78 is 1.95. The number of phenolic OH excluding ortho intramolecular Hbond substituents is 1. The lowest BCUT2D eigenvalue weighted by molar-refractivity contribution is 0.469. The standard InChI is InChI=1S/C15H11Br2NO/c16-11-3-4-14-10(5-11)7-13(18-14)6-9-1-2-12(17)8-15(9)19/h1-5,7-8,18-19H,6H2. The van der Waals surface area contributed by atoms with E-state index in [9.17, 15) is 5.11 Å². The summed E-state index contributed by atoms with van der Waals surface area (Å²) in [4.78, 5) is 3.37. The molecule has 1 aromatic heterocycles. The van der Waals surface area contributed by atoms with Crippen molar-refractivity contribution in [1.29, 1.82) is 0 Å². The van der Waals surface area contributed by atoms with Crippen molar-refractivity contribution in [2.45, 2.75) is 6.42 Å². The predicted molar refractivity (Wildman–Crippen MR) is 84.6 cm³/mol. The highest BCUT2D eigenvalue weighted by Gasteiger charge is 2.06. The first-order valence-corrected chi connectivity index (χ1v) is 7.45. The fourth-order valence-electron chi connectivity index (χ4n) is 2.15. The van der Waals surface area contributed by atoms with E-state index in [1.165, 1.54) is 5.39 Å². The molecule has 4 heteroatoms. The summed E-state index contributed by atoms with van der Waals surface area (Å²) >= 11 is 6.81. The number of hydrogen-bond donors (Lipinski definition) is 2. The highest BCUT2D eigenvalue weighted by atomic mass is 79.9. The second kappa shape index (κ2) is 5.02. The zero-order chi connectivity index (χ0) is 13.4. The number of aromatic nitrogens is 1. The molecule has 0 saturated heterocycles. The van der Waals surface area contributed by atoms with Crippen molar-refractivity contribution < 1.29 is 5.11 Å². The van der Waals surface area contributed by atoms with Gasteiger partial charge >= 0.3 is 0 Å². The van der Waals surface area contributed by atoms with Crippen molar-refractivity contribution in [3.63, 3.8) is 0 Å². The van der Waals surface area contributed by atoms with Crippen LogP contribution >= 0.6 is 31.9 Å². The van der Waals surface area contributed by atoms with Crippen LogP contribution in [0.2, 0.25) is 0 Å². The number of nitrogens with one attached hydrogen (secondary N) is 1. The normalized spacial score (nSPS) is 11.1. The fraction of sp³-hybridized carbons (Fsp3) is 0.0667. The number of rotatable bonds is 2.